The Bertz CT molecular complexity index is 768. The summed E-state index contributed by atoms with van der Waals surface area (Å²) < 4.78 is 12.5. The maximum atomic E-state index is 12.8. The molecular formula is C19H27N3O3. The number of hydrogen-bond donors (Lipinski definition) is 1. The first kappa shape index (κ1) is 18.8. The molecule has 1 aromatic carbocycles. The first-order valence-electron chi connectivity index (χ1n) is 8.32. The minimum atomic E-state index is -0.284. The third-order valence-electron chi connectivity index (χ3n) is 4.65. The Labute approximate surface area is 149 Å². The molecule has 0 aliphatic rings. The molecule has 1 N–H and O–H groups in total. The molecule has 1 heterocycles. The molecular weight excluding hydrogens is 318 g/mol. The summed E-state index contributed by atoms with van der Waals surface area (Å²) in [5, 5.41) is 7.47. The molecule has 0 spiro atoms. The Balaban J connectivity index is 2.22. The molecule has 2 aromatic rings. The number of hydrogen-bond acceptors (Lipinski definition) is 4. The summed E-state index contributed by atoms with van der Waals surface area (Å²) in [6.45, 7) is 7.75. The second-order valence-corrected chi connectivity index (χ2v) is 6.27. The number of amides is 1. The number of carbonyl (C=O) groups is 1. The first-order valence-corrected chi connectivity index (χ1v) is 8.32. The highest BCUT2D eigenvalue weighted by molar-refractivity contribution is 5.84. The van der Waals surface area contributed by atoms with E-state index < -0.39 is 0 Å². The van der Waals surface area contributed by atoms with Crippen molar-refractivity contribution in [3.8, 4) is 11.5 Å². The third kappa shape index (κ3) is 3.78. The zero-order valence-corrected chi connectivity index (χ0v) is 16.0. The fraction of sp³-hybridized carbons (Fsp3) is 0.474. The maximum absolute atomic E-state index is 12.8. The molecule has 136 valence electrons. The number of benzene rings is 1. The van der Waals surface area contributed by atoms with Crippen LogP contribution in [0.3, 0.4) is 0 Å². The van der Waals surface area contributed by atoms with Gasteiger partial charge in [0.25, 0.3) is 0 Å². The molecule has 0 saturated heterocycles. The standard InChI is InChI=1S/C19H27N3O3/c1-11(18-13(3)21-22(5)14(18)4)19(23)20-12(2)16-10-15(24-6)8-9-17(16)25-7/h8-12H,1-7H3,(H,20,23). The summed E-state index contributed by atoms with van der Waals surface area (Å²) in [5.74, 6) is 1.11. The summed E-state index contributed by atoms with van der Waals surface area (Å²) >= 11 is 0. The Kier molecular flexibility index (Phi) is 5.72. The van der Waals surface area contributed by atoms with E-state index in [0.717, 1.165) is 34.0 Å². The van der Waals surface area contributed by atoms with Gasteiger partial charge < -0.3 is 14.8 Å². The van der Waals surface area contributed by atoms with Gasteiger partial charge in [-0.05, 0) is 45.9 Å². The number of aryl methyl sites for hydroxylation is 2. The van der Waals surface area contributed by atoms with Gasteiger partial charge in [0.2, 0.25) is 5.91 Å². The molecule has 2 rings (SSSR count). The fourth-order valence-corrected chi connectivity index (χ4v) is 3.14. The van der Waals surface area contributed by atoms with E-state index in [1.54, 1.807) is 14.2 Å². The predicted octanol–water partition coefficient (Wildman–Crippen LogP) is 3.04. The van der Waals surface area contributed by atoms with Crippen LogP contribution in [0.2, 0.25) is 0 Å². The number of carbonyl (C=O) groups excluding carboxylic acids is 1. The van der Waals surface area contributed by atoms with Gasteiger partial charge in [-0.25, -0.2) is 0 Å². The summed E-state index contributed by atoms with van der Waals surface area (Å²) in [6, 6.07) is 5.35. The van der Waals surface area contributed by atoms with Crippen molar-refractivity contribution >= 4 is 5.91 Å². The van der Waals surface area contributed by atoms with E-state index in [0.29, 0.717) is 0 Å². The van der Waals surface area contributed by atoms with Crippen LogP contribution < -0.4 is 14.8 Å². The SMILES string of the molecule is COc1ccc(OC)c(C(C)NC(=O)C(C)c2c(C)nn(C)c2C)c1. The molecule has 6 nitrogen and oxygen atoms in total. The number of aromatic nitrogens is 2. The van der Waals surface area contributed by atoms with Crippen molar-refractivity contribution in [3.63, 3.8) is 0 Å². The van der Waals surface area contributed by atoms with Crippen molar-refractivity contribution < 1.29 is 14.3 Å². The molecule has 25 heavy (non-hydrogen) atoms. The fourth-order valence-electron chi connectivity index (χ4n) is 3.14. The first-order chi connectivity index (χ1) is 11.8. The van der Waals surface area contributed by atoms with E-state index in [4.69, 9.17) is 9.47 Å². The van der Waals surface area contributed by atoms with Crippen LogP contribution in [0.4, 0.5) is 0 Å². The van der Waals surface area contributed by atoms with Crippen LogP contribution in [0.1, 0.15) is 48.3 Å². The highest BCUT2D eigenvalue weighted by Gasteiger charge is 2.24. The van der Waals surface area contributed by atoms with Crippen molar-refractivity contribution in [3.05, 3.63) is 40.7 Å². The van der Waals surface area contributed by atoms with Gasteiger partial charge in [-0.2, -0.15) is 5.10 Å². The molecule has 0 radical (unpaired) electrons. The van der Waals surface area contributed by atoms with Gasteiger partial charge in [0.05, 0.1) is 31.9 Å². The van der Waals surface area contributed by atoms with E-state index in [9.17, 15) is 4.79 Å². The zero-order chi connectivity index (χ0) is 18.7. The van der Waals surface area contributed by atoms with E-state index >= 15 is 0 Å². The largest absolute Gasteiger partial charge is 0.497 e. The molecule has 0 bridgehead atoms. The Morgan fingerprint density at radius 3 is 2.40 bits per heavy atom. The summed E-state index contributed by atoms with van der Waals surface area (Å²) in [5.41, 5.74) is 3.74. The zero-order valence-electron chi connectivity index (χ0n) is 16.0. The highest BCUT2D eigenvalue weighted by atomic mass is 16.5. The maximum Gasteiger partial charge on any atom is 0.227 e. The highest BCUT2D eigenvalue weighted by Crippen LogP contribution is 2.30. The normalized spacial score (nSPS) is 13.2. The van der Waals surface area contributed by atoms with Gasteiger partial charge >= 0.3 is 0 Å². The number of nitrogens with zero attached hydrogens (tertiary/aromatic N) is 2. The van der Waals surface area contributed by atoms with Crippen molar-refractivity contribution in [2.45, 2.75) is 39.7 Å². The Hall–Kier alpha value is -2.50. The predicted molar refractivity (Wildman–Crippen MR) is 97.2 cm³/mol. The van der Waals surface area contributed by atoms with Crippen LogP contribution in [0, 0.1) is 13.8 Å². The van der Waals surface area contributed by atoms with E-state index in [1.807, 2.05) is 57.6 Å². The molecule has 0 aliphatic carbocycles. The smallest absolute Gasteiger partial charge is 0.227 e. The summed E-state index contributed by atoms with van der Waals surface area (Å²) in [7, 11) is 5.12. The second-order valence-electron chi connectivity index (χ2n) is 6.27. The van der Waals surface area contributed by atoms with Crippen LogP contribution in [-0.2, 0) is 11.8 Å². The lowest BCUT2D eigenvalue weighted by atomic mass is 9.97. The molecule has 0 fully saturated rings. The molecule has 0 saturated carbocycles. The van der Waals surface area contributed by atoms with Crippen LogP contribution in [0.15, 0.2) is 18.2 Å². The van der Waals surface area contributed by atoms with Gasteiger partial charge in [0.1, 0.15) is 11.5 Å². The molecule has 0 aliphatic heterocycles. The lowest BCUT2D eigenvalue weighted by Crippen LogP contribution is -2.31. The summed E-state index contributed by atoms with van der Waals surface area (Å²) in [4.78, 5) is 12.8. The quantitative estimate of drug-likeness (QED) is 0.874. The molecule has 1 aromatic heterocycles. The van der Waals surface area contributed by atoms with Crippen molar-refractivity contribution in [2.75, 3.05) is 14.2 Å². The average molecular weight is 345 g/mol. The minimum absolute atomic E-state index is 0.0448. The Morgan fingerprint density at radius 2 is 1.88 bits per heavy atom. The molecule has 2 unspecified atom stereocenters. The second kappa shape index (κ2) is 7.59. The number of nitrogens with one attached hydrogen (secondary N) is 1. The topological polar surface area (TPSA) is 65.4 Å². The number of ether oxygens (including phenoxy) is 2. The van der Waals surface area contributed by atoms with Gasteiger partial charge in [0.15, 0.2) is 0 Å². The van der Waals surface area contributed by atoms with Crippen LogP contribution >= 0.6 is 0 Å². The van der Waals surface area contributed by atoms with Crippen LogP contribution in [0.5, 0.6) is 11.5 Å². The van der Waals surface area contributed by atoms with E-state index in [2.05, 4.69) is 10.4 Å². The van der Waals surface area contributed by atoms with E-state index in [1.165, 1.54) is 0 Å². The number of methoxy groups -OCH3 is 2. The lowest BCUT2D eigenvalue weighted by Gasteiger charge is -2.21. The van der Waals surface area contributed by atoms with Crippen LogP contribution in [0.25, 0.3) is 0 Å². The van der Waals surface area contributed by atoms with Crippen molar-refractivity contribution in [1.29, 1.82) is 0 Å². The lowest BCUT2D eigenvalue weighted by molar-refractivity contribution is -0.122. The molecule has 6 heteroatoms. The van der Waals surface area contributed by atoms with Gasteiger partial charge in [-0.3, -0.25) is 9.48 Å². The van der Waals surface area contributed by atoms with Gasteiger partial charge in [-0.1, -0.05) is 0 Å². The molecule has 2 atom stereocenters. The van der Waals surface area contributed by atoms with E-state index in [-0.39, 0.29) is 17.9 Å². The van der Waals surface area contributed by atoms with Gasteiger partial charge in [-0.15, -0.1) is 0 Å². The van der Waals surface area contributed by atoms with Crippen LogP contribution in [-0.4, -0.2) is 29.9 Å². The summed E-state index contributed by atoms with van der Waals surface area (Å²) in [6.07, 6.45) is 0. The van der Waals surface area contributed by atoms with Crippen molar-refractivity contribution in [1.82, 2.24) is 15.1 Å². The van der Waals surface area contributed by atoms with Crippen molar-refractivity contribution in [2.24, 2.45) is 7.05 Å². The Morgan fingerprint density at radius 1 is 1.20 bits per heavy atom. The minimum Gasteiger partial charge on any atom is -0.497 e. The third-order valence-corrected chi connectivity index (χ3v) is 4.65. The number of rotatable bonds is 6. The average Bonchev–Trinajstić information content (AvgIpc) is 2.85. The van der Waals surface area contributed by atoms with Gasteiger partial charge in [0, 0.05) is 23.9 Å². The molecule has 1 amide bonds. The monoisotopic (exact) mass is 345 g/mol.